The van der Waals surface area contributed by atoms with E-state index >= 15 is 0 Å². The molecule has 0 amide bonds. The maximum atomic E-state index is 12.3. The van der Waals surface area contributed by atoms with E-state index in [4.69, 9.17) is 0 Å². The maximum absolute atomic E-state index is 12.3. The number of nitrogens with one attached hydrogen (secondary N) is 1. The first kappa shape index (κ1) is 18.0. The molecule has 0 radical (unpaired) electrons. The van der Waals surface area contributed by atoms with E-state index in [1.807, 2.05) is 23.7 Å². The van der Waals surface area contributed by atoms with Crippen molar-refractivity contribution in [1.82, 2.24) is 19.7 Å². The molecule has 3 rings (SSSR count). The number of aromatic nitrogens is 4. The highest BCUT2D eigenvalue weighted by Gasteiger charge is 2.21. The molecule has 2 aromatic heterocycles. The minimum absolute atomic E-state index is 0.0240. The van der Waals surface area contributed by atoms with Gasteiger partial charge < -0.3 is 4.98 Å². The van der Waals surface area contributed by atoms with E-state index in [1.54, 1.807) is 13.1 Å². The fourth-order valence-electron chi connectivity index (χ4n) is 3.20. The first-order valence-corrected chi connectivity index (χ1v) is 8.65. The van der Waals surface area contributed by atoms with Crippen molar-refractivity contribution in [3.63, 3.8) is 0 Å². The van der Waals surface area contributed by atoms with Crippen LogP contribution in [0.2, 0.25) is 0 Å². The predicted molar refractivity (Wildman–Crippen MR) is 103 cm³/mol. The normalized spacial score (nSPS) is 11.9. The Hall–Kier alpha value is -2.76. The Morgan fingerprint density at radius 2 is 1.92 bits per heavy atom. The third-order valence-electron chi connectivity index (χ3n) is 4.23. The number of aromatic amines is 1. The lowest BCUT2D eigenvalue weighted by Gasteiger charge is -2.19. The van der Waals surface area contributed by atoms with Crippen LogP contribution in [0, 0.1) is 19.3 Å². The number of carbonyl (C=O) groups excluding carboxylic acids is 1. The van der Waals surface area contributed by atoms with Crippen LogP contribution in [-0.2, 0) is 6.54 Å². The highest BCUT2D eigenvalue weighted by Crippen LogP contribution is 2.30. The van der Waals surface area contributed by atoms with Gasteiger partial charge in [0.1, 0.15) is 11.5 Å². The van der Waals surface area contributed by atoms with Crippen molar-refractivity contribution in [3.05, 3.63) is 45.8 Å². The molecular weight excluding hydrogens is 328 g/mol. The van der Waals surface area contributed by atoms with Crippen LogP contribution in [0.5, 0.6) is 0 Å². The van der Waals surface area contributed by atoms with Gasteiger partial charge in [-0.3, -0.25) is 14.3 Å². The molecule has 0 bridgehead atoms. The van der Waals surface area contributed by atoms with Gasteiger partial charge in [-0.15, -0.1) is 0 Å². The first-order chi connectivity index (χ1) is 12.1. The van der Waals surface area contributed by atoms with E-state index in [0.717, 1.165) is 22.0 Å². The summed E-state index contributed by atoms with van der Waals surface area (Å²) in [5.74, 6) is 0.481. The number of rotatable bonds is 3. The quantitative estimate of drug-likeness (QED) is 0.730. The van der Waals surface area contributed by atoms with Gasteiger partial charge in [0.25, 0.3) is 5.56 Å². The van der Waals surface area contributed by atoms with Crippen LogP contribution in [0.25, 0.3) is 22.0 Å². The second-order valence-corrected chi connectivity index (χ2v) is 8.02. The van der Waals surface area contributed by atoms with E-state index < -0.39 is 0 Å². The monoisotopic (exact) mass is 352 g/mol. The number of carbonyl (C=O) groups is 1. The number of fused-ring (bicyclic) bond motifs is 1. The zero-order valence-electron chi connectivity index (χ0n) is 16.1. The van der Waals surface area contributed by atoms with Gasteiger partial charge in [0.2, 0.25) is 0 Å². The number of aryl methyl sites for hydroxylation is 2. The highest BCUT2D eigenvalue weighted by atomic mass is 16.1. The van der Waals surface area contributed by atoms with E-state index in [1.165, 1.54) is 6.92 Å². The molecule has 0 aliphatic heterocycles. The van der Waals surface area contributed by atoms with Crippen molar-refractivity contribution >= 4 is 16.7 Å². The number of hydrogen-bond acceptors (Lipinski definition) is 4. The number of nitrogens with zero attached hydrogens (tertiary/aromatic N) is 3. The molecule has 2 heterocycles. The predicted octanol–water partition coefficient (Wildman–Crippen LogP) is 3.65. The van der Waals surface area contributed by atoms with Crippen molar-refractivity contribution in [3.8, 4) is 11.1 Å². The summed E-state index contributed by atoms with van der Waals surface area (Å²) in [7, 11) is 0. The molecule has 0 saturated carbocycles. The van der Waals surface area contributed by atoms with Crippen LogP contribution < -0.4 is 5.56 Å². The highest BCUT2D eigenvalue weighted by molar-refractivity contribution is 6.06. The molecule has 0 unspecified atom stereocenters. The summed E-state index contributed by atoms with van der Waals surface area (Å²) in [6.45, 7) is 12.3. The van der Waals surface area contributed by atoms with Crippen LogP contribution in [-0.4, -0.2) is 25.5 Å². The maximum Gasteiger partial charge on any atom is 0.258 e. The summed E-state index contributed by atoms with van der Waals surface area (Å²) in [6.07, 6.45) is 1.57. The molecule has 136 valence electrons. The van der Waals surface area contributed by atoms with Gasteiger partial charge in [-0.1, -0.05) is 20.8 Å². The molecule has 0 saturated heterocycles. The summed E-state index contributed by atoms with van der Waals surface area (Å²) in [6, 6.07) is 3.82. The Kier molecular flexibility index (Phi) is 4.30. The third kappa shape index (κ3) is 3.31. The lowest BCUT2D eigenvalue weighted by molar-refractivity contribution is 0.101. The molecule has 6 heteroatoms. The average Bonchev–Trinajstić information content (AvgIpc) is 2.84. The molecule has 0 aliphatic carbocycles. The molecule has 6 nitrogen and oxygen atoms in total. The summed E-state index contributed by atoms with van der Waals surface area (Å²) < 4.78 is 1.91. The summed E-state index contributed by atoms with van der Waals surface area (Å²) >= 11 is 0. The van der Waals surface area contributed by atoms with Gasteiger partial charge in [-0.25, -0.2) is 4.98 Å². The number of hydrogen-bond donors (Lipinski definition) is 1. The van der Waals surface area contributed by atoms with Gasteiger partial charge in [0.05, 0.1) is 11.1 Å². The van der Waals surface area contributed by atoms with Gasteiger partial charge in [0, 0.05) is 25.1 Å². The molecule has 0 fully saturated rings. The van der Waals surface area contributed by atoms with Crippen molar-refractivity contribution in [2.24, 2.45) is 5.41 Å². The Balaban J connectivity index is 2.29. The summed E-state index contributed by atoms with van der Waals surface area (Å²) in [5.41, 5.74) is 3.40. The number of ketones is 1. The molecule has 1 aromatic carbocycles. The fourth-order valence-corrected chi connectivity index (χ4v) is 3.20. The number of benzene rings is 1. The minimum Gasteiger partial charge on any atom is -0.310 e. The SMILES string of the molecule is CC(=O)c1nn(CC(C)(C)C)c2c(C)cc(-c3cnc(C)[nH]c3=O)cc12. The number of Topliss-reactive ketones (excluding diaryl/α,β-unsaturated/α-hetero) is 1. The molecular formula is C20H24N4O2. The summed E-state index contributed by atoms with van der Waals surface area (Å²) in [5, 5.41) is 5.35. The smallest absolute Gasteiger partial charge is 0.258 e. The molecule has 1 N–H and O–H groups in total. The zero-order chi connectivity index (χ0) is 19.2. The standard InChI is InChI=1S/C20H24N4O2/c1-11-7-14(16-9-21-13(3)22-19(16)26)8-15-17(12(2)25)23-24(18(11)15)10-20(4,5)6/h7-9H,10H2,1-6H3,(H,21,22,26). The molecule has 26 heavy (non-hydrogen) atoms. The van der Waals surface area contributed by atoms with Gasteiger partial charge in [-0.2, -0.15) is 5.10 Å². The van der Waals surface area contributed by atoms with Crippen LogP contribution >= 0.6 is 0 Å². The van der Waals surface area contributed by atoms with E-state index in [0.29, 0.717) is 23.6 Å². The molecule has 0 atom stereocenters. The molecule has 0 aliphatic rings. The number of H-pyrrole nitrogens is 1. The zero-order valence-corrected chi connectivity index (χ0v) is 16.1. The minimum atomic E-state index is -0.192. The Morgan fingerprint density at radius 3 is 2.50 bits per heavy atom. The largest absolute Gasteiger partial charge is 0.310 e. The van der Waals surface area contributed by atoms with Crippen LogP contribution in [0.1, 0.15) is 49.6 Å². The lowest BCUT2D eigenvalue weighted by atomic mass is 9.96. The first-order valence-electron chi connectivity index (χ1n) is 8.65. The van der Waals surface area contributed by atoms with Crippen LogP contribution in [0.4, 0.5) is 0 Å². The van der Waals surface area contributed by atoms with Gasteiger partial charge >= 0.3 is 0 Å². The van der Waals surface area contributed by atoms with E-state index in [2.05, 4.69) is 35.8 Å². The van der Waals surface area contributed by atoms with Gasteiger partial charge in [-0.05, 0) is 42.5 Å². The van der Waals surface area contributed by atoms with E-state index in [9.17, 15) is 9.59 Å². The van der Waals surface area contributed by atoms with Gasteiger partial charge in [0.15, 0.2) is 5.78 Å². The van der Waals surface area contributed by atoms with Crippen molar-refractivity contribution < 1.29 is 4.79 Å². The molecule has 3 aromatic rings. The van der Waals surface area contributed by atoms with Crippen LogP contribution in [0.15, 0.2) is 23.1 Å². The third-order valence-corrected chi connectivity index (χ3v) is 4.23. The van der Waals surface area contributed by atoms with Crippen molar-refractivity contribution in [2.75, 3.05) is 0 Å². The van der Waals surface area contributed by atoms with Crippen LogP contribution in [0.3, 0.4) is 0 Å². The second-order valence-electron chi connectivity index (χ2n) is 8.02. The Labute approximate surface area is 152 Å². The average molecular weight is 352 g/mol. The van der Waals surface area contributed by atoms with Crippen molar-refractivity contribution in [2.45, 2.75) is 48.1 Å². The topological polar surface area (TPSA) is 80.6 Å². The lowest BCUT2D eigenvalue weighted by Crippen LogP contribution is -2.17. The second kappa shape index (κ2) is 6.20. The Bertz CT molecular complexity index is 1070. The van der Waals surface area contributed by atoms with E-state index in [-0.39, 0.29) is 16.8 Å². The summed E-state index contributed by atoms with van der Waals surface area (Å²) in [4.78, 5) is 31.4. The Morgan fingerprint density at radius 1 is 1.23 bits per heavy atom. The molecule has 0 spiro atoms. The van der Waals surface area contributed by atoms with Crippen molar-refractivity contribution in [1.29, 1.82) is 0 Å². The fraction of sp³-hybridized carbons (Fsp3) is 0.400.